The number of hydrogen-bond donors (Lipinski definition) is 0. The highest BCUT2D eigenvalue weighted by Gasteiger charge is 2.35. The predicted molar refractivity (Wildman–Crippen MR) is 159 cm³/mol. The summed E-state index contributed by atoms with van der Waals surface area (Å²) < 4.78 is 15.0. The van der Waals surface area contributed by atoms with E-state index in [2.05, 4.69) is 0 Å². The van der Waals surface area contributed by atoms with Gasteiger partial charge in [0.05, 0.1) is 5.69 Å². The topological polar surface area (TPSA) is 79.5 Å². The number of hydrogen-bond acceptors (Lipinski definition) is 7. The minimum atomic E-state index is -1.47. The summed E-state index contributed by atoms with van der Waals surface area (Å²) in [6.45, 7) is 4.44. The van der Waals surface area contributed by atoms with E-state index in [0.717, 1.165) is 11.3 Å². The van der Waals surface area contributed by atoms with Crippen molar-refractivity contribution in [2.45, 2.75) is 26.4 Å². The molecule has 10 heteroatoms. The van der Waals surface area contributed by atoms with Crippen molar-refractivity contribution in [2.24, 2.45) is 0 Å². The van der Waals surface area contributed by atoms with Crippen molar-refractivity contribution in [3.8, 4) is 22.9 Å². The first-order valence-electron chi connectivity index (χ1n) is 12.2. The summed E-state index contributed by atoms with van der Waals surface area (Å²) in [5.41, 5.74) is -0.769. The maximum atomic E-state index is 14.1. The number of ether oxygens (including phenoxy) is 2. The van der Waals surface area contributed by atoms with Gasteiger partial charge in [0.25, 0.3) is 5.56 Å². The molecule has 0 saturated carbocycles. The zero-order valence-electron chi connectivity index (χ0n) is 21.7. The Kier molecular flexibility index (Phi) is 7.46. The van der Waals surface area contributed by atoms with E-state index in [-0.39, 0.29) is 26.6 Å². The molecule has 5 rings (SSSR count). The maximum absolute atomic E-state index is 14.1. The Bertz CT molecular complexity index is 1860. The minimum absolute atomic E-state index is 0.0622. The lowest BCUT2D eigenvalue weighted by atomic mass is 10.1. The molecule has 2 aromatic heterocycles. The number of aromatic nitrogens is 2. The van der Waals surface area contributed by atoms with Crippen LogP contribution in [0.4, 0.5) is 0 Å². The van der Waals surface area contributed by atoms with Crippen LogP contribution in [0.3, 0.4) is 0 Å². The van der Waals surface area contributed by atoms with Crippen molar-refractivity contribution in [2.75, 3.05) is 0 Å². The summed E-state index contributed by atoms with van der Waals surface area (Å²) in [6, 6.07) is 24.7. The molecule has 0 N–H and O–H groups in total. The number of Topliss-reactive ketones (excluding diaryl/α,β-unsaturated/α-hetero) is 1. The van der Waals surface area contributed by atoms with Crippen LogP contribution in [-0.4, -0.2) is 26.5 Å². The van der Waals surface area contributed by atoms with Crippen LogP contribution in [-0.2, 0) is 4.79 Å². The monoisotopic (exact) mass is 590 g/mol. The molecule has 202 valence electrons. The van der Waals surface area contributed by atoms with Crippen LogP contribution in [0.5, 0.6) is 11.5 Å². The number of benzene rings is 3. The number of nitrogens with zero attached hydrogens (tertiary/aromatic N) is 2. The van der Waals surface area contributed by atoms with Gasteiger partial charge in [0.1, 0.15) is 20.8 Å². The molecule has 0 aliphatic carbocycles. The van der Waals surface area contributed by atoms with Gasteiger partial charge in [0.2, 0.25) is 5.60 Å². The molecule has 3 aromatic carbocycles. The molecule has 40 heavy (non-hydrogen) atoms. The molecule has 0 atom stereocenters. The first kappa shape index (κ1) is 27.5. The van der Waals surface area contributed by atoms with Gasteiger partial charge in [0.15, 0.2) is 16.3 Å². The van der Waals surface area contributed by atoms with E-state index in [9.17, 15) is 14.4 Å². The fraction of sp³-hybridized carbons (Fsp3) is 0.133. The van der Waals surface area contributed by atoms with Crippen LogP contribution in [0.2, 0.25) is 5.02 Å². The number of esters is 1. The largest absolute Gasteiger partial charge is 0.476 e. The molecular weight excluding hydrogens is 568 g/mol. The Morgan fingerprint density at radius 1 is 0.875 bits per heavy atom. The number of ketones is 1. The highest BCUT2D eigenvalue weighted by Crippen LogP contribution is 2.39. The molecule has 0 unspecified atom stereocenters. The molecule has 0 spiro atoms. The predicted octanol–water partition coefficient (Wildman–Crippen LogP) is 7.19. The van der Waals surface area contributed by atoms with Crippen molar-refractivity contribution in [1.29, 1.82) is 0 Å². The van der Waals surface area contributed by atoms with Gasteiger partial charge in [0, 0.05) is 17.6 Å². The van der Waals surface area contributed by atoms with Gasteiger partial charge in [-0.05, 0) is 74.6 Å². The summed E-state index contributed by atoms with van der Waals surface area (Å²) in [7, 11) is 0. The van der Waals surface area contributed by atoms with Crippen LogP contribution < -0.4 is 15.0 Å². The highest BCUT2D eigenvalue weighted by atomic mass is 35.5. The molecule has 0 aliphatic heterocycles. The van der Waals surface area contributed by atoms with Crippen molar-refractivity contribution < 1.29 is 19.1 Å². The van der Waals surface area contributed by atoms with E-state index < -0.39 is 17.1 Å². The standard InChI is InChI=1S/C30H23ClN2O5S2/c1-18(34)25-24(37-28(36)30(2,3)38-22-16-14-19(31)15-17-22)23-26(35)32(20-10-6-4-7-11-20)29(39)33(27(23)40-25)21-12-8-5-9-13-21/h4-17H,1-3H3. The maximum Gasteiger partial charge on any atom is 0.355 e. The number of carbonyl (C=O) groups excluding carboxylic acids is 2. The second-order valence-electron chi connectivity index (χ2n) is 9.38. The van der Waals surface area contributed by atoms with Crippen LogP contribution in [0, 0.1) is 4.77 Å². The van der Waals surface area contributed by atoms with E-state index in [1.165, 1.54) is 11.5 Å². The smallest absolute Gasteiger partial charge is 0.355 e. The normalized spacial score (nSPS) is 11.4. The highest BCUT2D eigenvalue weighted by molar-refractivity contribution is 7.71. The Hall–Kier alpha value is -4.05. The zero-order valence-corrected chi connectivity index (χ0v) is 24.1. The fourth-order valence-corrected chi connectivity index (χ4v) is 5.84. The van der Waals surface area contributed by atoms with Gasteiger partial charge in [-0.1, -0.05) is 48.0 Å². The number of para-hydroxylation sites is 2. The second-order valence-corrected chi connectivity index (χ2v) is 11.2. The quantitative estimate of drug-likeness (QED) is 0.113. The molecule has 0 amide bonds. The number of halogens is 1. The molecule has 0 saturated heterocycles. The van der Waals surface area contributed by atoms with Gasteiger partial charge in [-0.2, -0.15) is 0 Å². The molecular formula is C30H23ClN2O5S2. The van der Waals surface area contributed by atoms with E-state index in [1.807, 2.05) is 36.4 Å². The van der Waals surface area contributed by atoms with E-state index >= 15 is 0 Å². The summed E-state index contributed by atoms with van der Waals surface area (Å²) in [5.74, 6) is -0.877. The molecule has 5 aromatic rings. The molecule has 0 fully saturated rings. The molecule has 2 heterocycles. The third kappa shape index (κ3) is 5.11. The third-order valence-electron chi connectivity index (χ3n) is 6.07. The van der Waals surface area contributed by atoms with Crippen LogP contribution in [0.1, 0.15) is 30.4 Å². The van der Waals surface area contributed by atoms with E-state index in [4.69, 9.17) is 33.3 Å². The van der Waals surface area contributed by atoms with Crippen LogP contribution >= 0.6 is 35.2 Å². The summed E-state index contributed by atoms with van der Waals surface area (Å²) in [5, 5.41) is 0.582. The SMILES string of the molecule is CC(=O)c1sc2c(c1OC(=O)C(C)(C)Oc1ccc(Cl)cc1)c(=O)n(-c1ccccc1)c(=S)n2-c1ccccc1. The Labute approximate surface area is 243 Å². The van der Waals surface area contributed by atoms with Crippen molar-refractivity contribution >= 4 is 57.1 Å². The van der Waals surface area contributed by atoms with E-state index in [1.54, 1.807) is 66.9 Å². The molecule has 7 nitrogen and oxygen atoms in total. The van der Waals surface area contributed by atoms with Gasteiger partial charge in [-0.3, -0.25) is 18.7 Å². The lowest BCUT2D eigenvalue weighted by Crippen LogP contribution is -2.41. The van der Waals surface area contributed by atoms with Crippen LogP contribution in [0.25, 0.3) is 21.6 Å². The van der Waals surface area contributed by atoms with Crippen molar-refractivity contribution in [3.63, 3.8) is 0 Å². The van der Waals surface area contributed by atoms with Crippen molar-refractivity contribution in [1.82, 2.24) is 9.13 Å². The molecule has 0 aliphatic rings. The Morgan fingerprint density at radius 3 is 1.98 bits per heavy atom. The Morgan fingerprint density at radius 2 is 1.43 bits per heavy atom. The fourth-order valence-electron chi connectivity index (χ4n) is 4.13. The van der Waals surface area contributed by atoms with Crippen LogP contribution in [0.15, 0.2) is 89.7 Å². The van der Waals surface area contributed by atoms with Gasteiger partial charge in [-0.25, -0.2) is 4.79 Å². The lowest BCUT2D eigenvalue weighted by molar-refractivity contribution is -0.149. The van der Waals surface area contributed by atoms with E-state index in [0.29, 0.717) is 27.0 Å². The number of thiophene rings is 1. The first-order chi connectivity index (χ1) is 19.1. The zero-order chi connectivity index (χ0) is 28.6. The average molecular weight is 591 g/mol. The first-order valence-corrected chi connectivity index (χ1v) is 13.8. The van der Waals surface area contributed by atoms with Crippen molar-refractivity contribution in [3.05, 3.63) is 110 Å². The molecule has 0 radical (unpaired) electrons. The summed E-state index contributed by atoms with van der Waals surface area (Å²) >= 11 is 12.8. The molecule has 0 bridgehead atoms. The Balaban J connectivity index is 1.74. The number of fused-ring (bicyclic) bond motifs is 1. The van der Waals surface area contributed by atoms with Gasteiger partial charge >= 0.3 is 5.97 Å². The lowest BCUT2D eigenvalue weighted by Gasteiger charge is -2.24. The summed E-state index contributed by atoms with van der Waals surface area (Å²) in [6.07, 6.45) is 0. The van der Waals surface area contributed by atoms with Gasteiger partial charge in [-0.15, -0.1) is 11.3 Å². The average Bonchev–Trinajstić information content (AvgIpc) is 3.30. The number of carbonyl (C=O) groups is 2. The second kappa shape index (κ2) is 10.8. The minimum Gasteiger partial charge on any atom is -0.476 e. The third-order valence-corrected chi connectivity index (χ3v) is 7.94. The van der Waals surface area contributed by atoms with Gasteiger partial charge < -0.3 is 9.47 Å². The summed E-state index contributed by atoms with van der Waals surface area (Å²) in [4.78, 5) is 40.9. The number of rotatable bonds is 7.